The Balaban J connectivity index is 1.63. The van der Waals surface area contributed by atoms with Crippen molar-refractivity contribution in [1.82, 2.24) is 24.9 Å². The van der Waals surface area contributed by atoms with Gasteiger partial charge in [0.2, 0.25) is 0 Å². The molecule has 1 aliphatic heterocycles. The van der Waals surface area contributed by atoms with E-state index in [0.29, 0.717) is 17.9 Å². The summed E-state index contributed by atoms with van der Waals surface area (Å²) < 4.78 is 10.0. The van der Waals surface area contributed by atoms with Gasteiger partial charge in [0.15, 0.2) is 0 Å². The molecule has 6 heteroatoms. The smallest absolute Gasteiger partial charge is 0.103 e. The molecule has 0 bridgehead atoms. The van der Waals surface area contributed by atoms with Crippen molar-refractivity contribution in [3.8, 4) is 0 Å². The lowest BCUT2D eigenvalue weighted by Crippen LogP contribution is -2.42. The second kappa shape index (κ2) is 7.94. The van der Waals surface area contributed by atoms with E-state index in [1.807, 2.05) is 41.1 Å². The first-order valence-electron chi connectivity index (χ1n) is 8.95. The molecular formula is C18H29N5O. The van der Waals surface area contributed by atoms with E-state index in [1.165, 1.54) is 12.1 Å². The molecule has 1 unspecified atom stereocenters. The second-order valence-electron chi connectivity index (χ2n) is 7.06. The lowest BCUT2D eigenvalue weighted by atomic mass is 9.91. The third kappa shape index (κ3) is 4.05. The van der Waals surface area contributed by atoms with E-state index in [0.717, 1.165) is 26.1 Å². The Labute approximate surface area is 144 Å². The average Bonchev–Trinajstić information content (AvgIpc) is 3.23. The Kier molecular flexibility index (Phi) is 5.68. The Bertz CT molecular complexity index is 607. The number of aromatic nitrogens is 4. The molecule has 0 aliphatic carbocycles. The Morgan fingerprint density at radius 3 is 2.88 bits per heavy atom. The summed E-state index contributed by atoms with van der Waals surface area (Å²) in [7, 11) is 1.99. The summed E-state index contributed by atoms with van der Waals surface area (Å²) in [6, 6.07) is 4.45. The summed E-state index contributed by atoms with van der Waals surface area (Å²) in [5.41, 5.74) is 1.18. The molecule has 0 radical (unpaired) electrons. The average molecular weight is 331 g/mol. The molecule has 2 aromatic heterocycles. The van der Waals surface area contributed by atoms with Gasteiger partial charge in [-0.25, -0.2) is 0 Å². The highest BCUT2D eigenvalue weighted by molar-refractivity contribution is 5.07. The molecule has 0 amide bonds. The minimum absolute atomic E-state index is 0.135. The highest BCUT2D eigenvalue weighted by Crippen LogP contribution is 2.33. The van der Waals surface area contributed by atoms with E-state index < -0.39 is 0 Å². The maximum atomic E-state index is 6.10. The maximum absolute atomic E-state index is 6.10. The molecule has 1 saturated heterocycles. The fourth-order valence-electron chi connectivity index (χ4n) is 3.47. The zero-order chi connectivity index (χ0) is 16.9. The van der Waals surface area contributed by atoms with Gasteiger partial charge in [0.25, 0.3) is 0 Å². The predicted octanol–water partition coefficient (Wildman–Crippen LogP) is 2.40. The molecule has 2 aromatic rings. The Morgan fingerprint density at radius 1 is 1.33 bits per heavy atom. The van der Waals surface area contributed by atoms with Gasteiger partial charge in [-0.15, -0.1) is 0 Å². The molecule has 1 N–H and O–H groups in total. The third-order valence-electron chi connectivity index (χ3n) is 4.99. The van der Waals surface area contributed by atoms with Crippen molar-refractivity contribution in [1.29, 1.82) is 0 Å². The standard InChI is InChI=1S/C18H29N5O/c1-14(2)16(13-23-10-5-8-21-23)19-12-15-6-4-11-24-18(15)17-7-9-20-22(17)3/h5,7-10,14-16,18-19H,4,6,11-13H2,1-3H3/t15-,16?,18+/m0/s1. The molecule has 0 saturated carbocycles. The van der Waals surface area contributed by atoms with Crippen molar-refractivity contribution in [2.45, 2.75) is 45.4 Å². The highest BCUT2D eigenvalue weighted by atomic mass is 16.5. The molecule has 0 spiro atoms. The maximum Gasteiger partial charge on any atom is 0.103 e. The van der Waals surface area contributed by atoms with Crippen LogP contribution in [0.5, 0.6) is 0 Å². The van der Waals surface area contributed by atoms with Crippen LogP contribution in [0.1, 0.15) is 38.5 Å². The van der Waals surface area contributed by atoms with Crippen LogP contribution < -0.4 is 5.32 Å². The van der Waals surface area contributed by atoms with Gasteiger partial charge in [-0.2, -0.15) is 10.2 Å². The van der Waals surface area contributed by atoms with Crippen molar-refractivity contribution < 1.29 is 4.74 Å². The summed E-state index contributed by atoms with van der Waals surface area (Å²) in [5, 5.41) is 12.4. The normalized spacial score (nSPS) is 22.8. The van der Waals surface area contributed by atoms with Gasteiger partial charge in [0.1, 0.15) is 6.10 Å². The molecule has 3 rings (SSSR count). The lowest BCUT2D eigenvalue weighted by molar-refractivity contribution is -0.0334. The fourth-order valence-corrected chi connectivity index (χ4v) is 3.47. The largest absolute Gasteiger partial charge is 0.372 e. The molecule has 3 atom stereocenters. The van der Waals surface area contributed by atoms with Crippen molar-refractivity contribution in [3.05, 3.63) is 36.4 Å². The zero-order valence-corrected chi connectivity index (χ0v) is 14.9. The first-order chi connectivity index (χ1) is 11.6. The van der Waals surface area contributed by atoms with Crippen molar-refractivity contribution in [2.75, 3.05) is 13.2 Å². The molecule has 132 valence electrons. The van der Waals surface area contributed by atoms with Gasteiger partial charge >= 0.3 is 0 Å². The van der Waals surface area contributed by atoms with Crippen LogP contribution in [0.15, 0.2) is 30.7 Å². The van der Waals surface area contributed by atoms with Gasteiger partial charge in [0, 0.05) is 50.7 Å². The van der Waals surface area contributed by atoms with Crippen LogP contribution in [0.25, 0.3) is 0 Å². The monoisotopic (exact) mass is 331 g/mol. The first kappa shape index (κ1) is 17.2. The summed E-state index contributed by atoms with van der Waals surface area (Å²) in [4.78, 5) is 0. The number of nitrogens with one attached hydrogen (secondary N) is 1. The zero-order valence-electron chi connectivity index (χ0n) is 14.9. The molecule has 1 aliphatic rings. The van der Waals surface area contributed by atoms with Gasteiger partial charge < -0.3 is 10.1 Å². The lowest BCUT2D eigenvalue weighted by Gasteiger charge is -2.34. The SMILES string of the molecule is CC(C)C(Cn1cccn1)NC[C@@H]1CCCO[C@H]1c1ccnn1C. The third-order valence-corrected chi connectivity index (χ3v) is 4.99. The number of aryl methyl sites for hydroxylation is 1. The van der Waals surface area contributed by atoms with E-state index in [-0.39, 0.29) is 6.10 Å². The summed E-state index contributed by atoms with van der Waals surface area (Å²) in [5.74, 6) is 1.03. The van der Waals surface area contributed by atoms with Crippen LogP contribution in [0.3, 0.4) is 0 Å². The minimum Gasteiger partial charge on any atom is -0.372 e. The van der Waals surface area contributed by atoms with Crippen LogP contribution in [0.4, 0.5) is 0 Å². The summed E-state index contributed by atoms with van der Waals surface area (Å²) in [6.45, 7) is 7.22. The van der Waals surface area contributed by atoms with Crippen molar-refractivity contribution >= 4 is 0 Å². The van der Waals surface area contributed by atoms with Gasteiger partial charge in [-0.05, 0) is 30.9 Å². The number of rotatable bonds is 7. The Hall–Kier alpha value is -1.66. The van der Waals surface area contributed by atoms with E-state index in [1.54, 1.807) is 0 Å². The van der Waals surface area contributed by atoms with Crippen LogP contribution in [-0.4, -0.2) is 38.8 Å². The Morgan fingerprint density at radius 2 is 2.21 bits per heavy atom. The molecular weight excluding hydrogens is 302 g/mol. The van der Waals surface area contributed by atoms with Crippen LogP contribution in [0, 0.1) is 11.8 Å². The quantitative estimate of drug-likeness (QED) is 0.846. The van der Waals surface area contributed by atoms with E-state index in [4.69, 9.17) is 4.74 Å². The van der Waals surface area contributed by atoms with Gasteiger partial charge in [-0.3, -0.25) is 9.36 Å². The van der Waals surface area contributed by atoms with Crippen LogP contribution in [0.2, 0.25) is 0 Å². The topological polar surface area (TPSA) is 56.9 Å². The predicted molar refractivity (Wildman–Crippen MR) is 93.5 cm³/mol. The first-order valence-corrected chi connectivity index (χ1v) is 8.95. The van der Waals surface area contributed by atoms with Crippen molar-refractivity contribution in [2.24, 2.45) is 18.9 Å². The fraction of sp³-hybridized carbons (Fsp3) is 0.667. The number of nitrogens with zero attached hydrogens (tertiary/aromatic N) is 4. The summed E-state index contributed by atoms with van der Waals surface area (Å²) >= 11 is 0. The van der Waals surface area contributed by atoms with E-state index >= 15 is 0 Å². The van der Waals surface area contributed by atoms with Crippen molar-refractivity contribution in [3.63, 3.8) is 0 Å². The van der Waals surface area contributed by atoms with E-state index in [9.17, 15) is 0 Å². The molecule has 3 heterocycles. The molecule has 1 fully saturated rings. The number of ether oxygens (including phenoxy) is 1. The highest BCUT2D eigenvalue weighted by Gasteiger charge is 2.30. The van der Waals surface area contributed by atoms with E-state index in [2.05, 4.69) is 35.4 Å². The minimum atomic E-state index is 0.135. The number of hydrogen-bond donors (Lipinski definition) is 1. The second-order valence-corrected chi connectivity index (χ2v) is 7.06. The molecule has 0 aromatic carbocycles. The molecule has 24 heavy (non-hydrogen) atoms. The van der Waals surface area contributed by atoms with Crippen LogP contribution in [-0.2, 0) is 18.3 Å². The van der Waals surface area contributed by atoms with Gasteiger partial charge in [0.05, 0.1) is 12.2 Å². The van der Waals surface area contributed by atoms with Gasteiger partial charge in [-0.1, -0.05) is 13.8 Å². The summed E-state index contributed by atoms with van der Waals surface area (Å²) in [6.07, 6.45) is 8.18. The number of hydrogen-bond acceptors (Lipinski definition) is 4. The molecule has 6 nitrogen and oxygen atoms in total. The van der Waals surface area contributed by atoms with Crippen LogP contribution >= 0.6 is 0 Å².